The number of hydrogen-bond acceptors (Lipinski definition) is 20. The number of aliphatic imine (C=N–C) groups is 2. The van der Waals surface area contributed by atoms with Gasteiger partial charge in [-0.2, -0.15) is 4.33 Å². The first-order valence-electron chi connectivity index (χ1n) is 50.6. The summed E-state index contributed by atoms with van der Waals surface area (Å²) in [5.41, 5.74) is 4.67. The second-order valence-electron chi connectivity index (χ2n) is 37.9. The monoisotopic (exact) mass is 2010 g/mol. The molecule has 9 rings (SSSR count). The zero-order valence-corrected chi connectivity index (χ0v) is 89.8. The van der Waals surface area contributed by atoms with E-state index in [4.69, 9.17) is 60.9 Å². The Morgan fingerprint density at radius 2 is 1.10 bits per heavy atom. The predicted octanol–water partition coefficient (Wildman–Crippen LogP) is 18.2. The quantitative estimate of drug-likeness (QED) is 0.00596. The first-order chi connectivity index (χ1) is 64.4. The van der Waals surface area contributed by atoms with Gasteiger partial charge in [0.05, 0.1) is 78.9 Å². The van der Waals surface area contributed by atoms with Crippen molar-refractivity contribution in [2.75, 3.05) is 88.1 Å². The fourth-order valence-electron chi connectivity index (χ4n) is 18.6. The minimum absolute atomic E-state index is 0. The number of carboxylic acid groups (broad SMARTS) is 1. The number of hydrazine groups is 1. The summed E-state index contributed by atoms with van der Waals surface area (Å²) in [5.74, 6) is -1.33. The van der Waals surface area contributed by atoms with Crippen molar-refractivity contribution in [3.05, 3.63) is 74.7 Å². The van der Waals surface area contributed by atoms with Crippen molar-refractivity contribution >= 4 is 156 Å². The van der Waals surface area contributed by atoms with Crippen LogP contribution in [0.2, 0.25) is 20.1 Å². The number of amidine groups is 1. The molecule has 0 aromatic heterocycles. The third-order valence-corrected chi connectivity index (χ3v) is 29.0. The molecule has 3 aromatic rings. The second kappa shape index (κ2) is 65.7. The van der Waals surface area contributed by atoms with Gasteiger partial charge in [0.25, 0.3) is 5.91 Å². The van der Waals surface area contributed by atoms with E-state index < -0.39 is 39.1 Å². The molecule has 135 heavy (non-hydrogen) atoms. The maximum absolute atomic E-state index is 14.0. The third-order valence-electron chi connectivity index (χ3n) is 26.5. The maximum atomic E-state index is 14.0. The van der Waals surface area contributed by atoms with Gasteiger partial charge in [-0.25, -0.2) is 28.1 Å². The van der Waals surface area contributed by atoms with E-state index in [-0.39, 0.29) is 122 Å². The predicted molar refractivity (Wildman–Crippen MR) is 538 cm³/mol. The maximum Gasteiger partial charge on any atom is 1.00 e. The molecule has 756 valence electrons. The first kappa shape index (κ1) is 120. The molecule has 5 amide bonds. The largest absolute Gasteiger partial charge is 1.00 e. The van der Waals surface area contributed by atoms with Crippen molar-refractivity contribution in [3.8, 4) is 0 Å². The van der Waals surface area contributed by atoms with E-state index in [2.05, 4.69) is 86.5 Å². The number of nitrogens with zero attached hydrogens (tertiary/aromatic N) is 7. The third kappa shape index (κ3) is 43.5. The van der Waals surface area contributed by atoms with Crippen LogP contribution in [0.5, 0.6) is 0 Å². The number of rotatable bonds is 60. The summed E-state index contributed by atoms with van der Waals surface area (Å²) in [5, 5.41) is 30.9. The van der Waals surface area contributed by atoms with Crippen LogP contribution < -0.4 is 70.6 Å². The Kier molecular flexibility index (Phi) is 58.4. The van der Waals surface area contributed by atoms with Gasteiger partial charge in [-0.15, -0.1) is 0 Å². The molecule has 5 atom stereocenters. The van der Waals surface area contributed by atoms with Crippen molar-refractivity contribution in [3.63, 3.8) is 0 Å². The smallest absolute Gasteiger partial charge is 0.691 e. The molecule has 5 unspecified atom stereocenters. The molecule has 3 aliphatic heterocycles. The number of nitrogens with one attached hydrogen (secondary N) is 4. The minimum atomic E-state index is -3.31. The molecule has 3 aromatic carbocycles. The van der Waals surface area contributed by atoms with Crippen molar-refractivity contribution in [1.29, 1.82) is 0 Å². The fraction of sp³-hybridized carbons (Fsp3) is 0.723. The SMILES string of the molecule is CCCCC(CC)COC(=O)CC(SOO[O-])C(=O)OCC(CC)CCCC.CCCCCCCCCCCCCC(=O)NCCC[N+](C)(C)CC(=O)[O-].CCCCCCCCCCCCCC(=O)Nc1ccc(Cl)c(N=C2NN(c3c(Cl)cc(Cl)cc3Cl)C(=O)C2=Nc2ccc(N(CC)CCNS(C)(=O)=O)cc2)c1.O=C1N(C2CCCCC2)C12CCCC1(C2)C(=O)N1C1CCCCC1.[Na+]. The Morgan fingerprint density at radius 1 is 0.607 bits per heavy atom. The van der Waals surface area contributed by atoms with Crippen LogP contribution in [0.1, 0.15) is 357 Å². The van der Waals surface area contributed by atoms with Gasteiger partial charge in [0.2, 0.25) is 33.7 Å². The molecule has 3 aliphatic carbocycles. The number of amides is 5. The molecule has 3 heterocycles. The van der Waals surface area contributed by atoms with Crippen LogP contribution in [0.3, 0.4) is 0 Å². The Labute approximate surface area is 854 Å². The zero-order valence-electron chi connectivity index (χ0n) is 83.2. The molecule has 0 bridgehead atoms. The summed E-state index contributed by atoms with van der Waals surface area (Å²) < 4.78 is 40.9. The van der Waals surface area contributed by atoms with Gasteiger partial charge < -0.3 is 54.4 Å². The van der Waals surface area contributed by atoms with Gasteiger partial charge in [-0.05, 0) is 144 Å². The number of hydrogen-bond donors (Lipinski definition) is 4. The number of carboxylic acids is 1. The molecule has 0 radical (unpaired) electrons. The topological polar surface area (TPSA) is 339 Å². The number of ether oxygens (including phenoxy) is 2. The molecule has 34 heteroatoms. The molecule has 2 spiro atoms. The molecular formula is C101H160Cl4N11NaO16S2. The van der Waals surface area contributed by atoms with Crippen LogP contribution in [0.15, 0.2) is 64.6 Å². The van der Waals surface area contributed by atoms with Crippen molar-refractivity contribution < 1.29 is 110 Å². The average Bonchev–Trinajstić information content (AvgIpc) is 1.50. The summed E-state index contributed by atoms with van der Waals surface area (Å²) in [7, 11) is 0.414. The number of carbonyl (C=O) groups is 8. The molecule has 27 nitrogen and oxygen atoms in total. The molecule has 4 N–H and O–H groups in total. The number of sulfonamides is 1. The molecule has 6 aliphatic rings. The van der Waals surface area contributed by atoms with Gasteiger partial charge in [-0.3, -0.25) is 44.0 Å². The van der Waals surface area contributed by atoms with E-state index in [0.29, 0.717) is 108 Å². The normalized spacial score (nSPS) is 18.4. The number of likely N-dealkylation sites (N-methyl/N-ethyl adjacent to an activating group) is 2. The van der Waals surface area contributed by atoms with E-state index in [1.54, 1.807) is 30.3 Å². The first-order valence-corrected chi connectivity index (χ1v) is 54.8. The fourth-order valence-corrected chi connectivity index (χ4v) is 20.6. The Balaban J connectivity index is 0.000000343. The molecule has 6 fully saturated rings. The van der Waals surface area contributed by atoms with Gasteiger partial charge in [0, 0.05) is 92.4 Å². The van der Waals surface area contributed by atoms with Crippen molar-refractivity contribution in [2.45, 2.75) is 385 Å². The van der Waals surface area contributed by atoms with Gasteiger partial charge in [-0.1, -0.05) is 293 Å². The second-order valence-corrected chi connectivity index (χ2v) is 42.3. The number of aliphatic carboxylic acids is 1. The van der Waals surface area contributed by atoms with Crippen LogP contribution in [0.4, 0.5) is 28.4 Å². The number of esters is 2. The van der Waals surface area contributed by atoms with E-state index in [9.17, 15) is 57.1 Å². The number of anilines is 3. The zero-order chi connectivity index (χ0) is 97.9. The van der Waals surface area contributed by atoms with Crippen molar-refractivity contribution in [1.82, 2.24) is 25.3 Å². The van der Waals surface area contributed by atoms with Crippen LogP contribution in [-0.4, -0.2) is 183 Å². The standard InChI is InChI=1S/C40H51Cl4N7O4S.C21H42N2O3.C20H30N2O2.C20H38O7S.Na/c1-4-6-7-8-9-10-11-12-13-14-15-16-36(52)46-30-19-22-32(42)35(27-30)48-39-37(40(53)51(49-39)38-33(43)25-28(41)26-34(38)44)47-29-17-20-31(21-18-29)50(5-2)24-23-45-56(3,54)55;1-4-5-6-7-8-9-10-11-12-13-14-16-20(24)22-17-15-18-23(2,3)19-21(25)26;23-17-19(21(17)15-8-3-1-4-9-15)12-7-13-20(14-19)18(24)22(20)16-10-5-2-6-11-16;1-5-9-11-16(7-3)14-24-19(21)13-18(28-27-26-23)20(22)25-15-17(8-4)12-10-6-2;/h17-22,25-27,45H,4-16,23-24H2,1-3H3,(H,46,52)(H,48,49);4-19H2,1-3H3,(H-,22,24,25,26);15-16H,1-14H2;16-18,23H,5-15H2,1-4H3;/q;;;;+1/p-1. The number of unbranched alkanes of at least 4 members (excludes halogenated alkanes) is 22. The molecular weight excluding hydrogens is 1850 g/mol. The van der Waals surface area contributed by atoms with E-state index in [1.807, 2.05) is 38.1 Å². The number of quaternary nitrogens is 1. The average molecular weight is 2010 g/mol. The summed E-state index contributed by atoms with van der Waals surface area (Å²) in [6.07, 6.45) is 54.5. The summed E-state index contributed by atoms with van der Waals surface area (Å²) >= 11 is 26.3. The van der Waals surface area contributed by atoms with E-state index >= 15 is 0 Å². The Hall–Kier alpha value is -5.38. The Bertz CT molecular complexity index is 4180. The van der Waals surface area contributed by atoms with Gasteiger partial charge >= 0.3 is 41.5 Å². The minimum Gasteiger partial charge on any atom is -0.691 e. The van der Waals surface area contributed by atoms with Crippen LogP contribution in [-0.2, 0) is 67.2 Å². The van der Waals surface area contributed by atoms with Gasteiger partial charge in [0.1, 0.15) is 28.6 Å². The molecule has 3 saturated carbocycles. The summed E-state index contributed by atoms with van der Waals surface area (Å²) in [6, 6.07) is 16.0. The van der Waals surface area contributed by atoms with Crippen LogP contribution >= 0.6 is 58.4 Å². The Morgan fingerprint density at radius 3 is 1.57 bits per heavy atom. The van der Waals surface area contributed by atoms with E-state index in [1.165, 1.54) is 185 Å². The number of carbonyl (C=O) groups excluding carboxylic acids is 8. The van der Waals surface area contributed by atoms with Crippen molar-refractivity contribution in [2.24, 2.45) is 21.8 Å². The van der Waals surface area contributed by atoms with E-state index in [0.717, 1.165) is 133 Å². The van der Waals surface area contributed by atoms with Crippen LogP contribution in [0.25, 0.3) is 0 Å². The summed E-state index contributed by atoms with van der Waals surface area (Å²) in [4.78, 5) is 115. The molecule has 3 saturated heterocycles. The number of halogens is 4. The number of benzene rings is 3. The summed E-state index contributed by atoms with van der Waals surface area (Å²) in [6.45, 7) is 18.1. The van der Waals surface area contributed by atoms with Gasteiger partial charge in [0.15, 0.2) is 11.5 Å². The van der Waals surface area contributed by atoms with Crippen LogP contribution in [0, 0.1) is 11.8 Å².